The summed E-state index contributed by atoms with van der Waals surface area (Å²) in [5.41, 5.74) is -0.326. The zero-order valence-electron chi connectivity index (χ0n) is 11.0. The second-order valence-electron chi connectivity index (χ2n) is 4.47. The third-order valence-electron chi connectivity index (χ3n) is 3.10. The fourth-order valence-electron chi connectivity index (χ4n) is 2.15. The zero-order valence-corrected chi connectivity index (χ0v) is 11.9. The topological polar surface area (TPSA) is 76.8 Å². The van der Waals surface area contributed by atoms with Gasteiger partial charge in [-0.1, -0.05) is 11.3 Å². The van der Waals surface area contributed by atoms with Gasteiger partial charge in [-0.15, -0.1) is 5.10 Å². The standard InChI is InChI=1S/C12H14N4O3S/c1-2-19-10(18)8-7-9(17)16-11(13-8)20-12(14-16)15-5-3-4-6-15/h7H,2-6H2,1H3. The first-order valence-corrected chi connectivity index (χ1v) is 7.33. The van der Waals surface area contributed by atoms with Crippen LogP contribution in [0.2, 0.25) is 0 Å². The molecule has 0 N–H and O–H groups in total. The van der Waals surface area contributed by atoms with Gasteiger partial charge in [0.05, 0.1) is 6.61 Å². The number of ether oxygens (including phenoxy) is 1. The number of hydrogen-bond acceptors (Lipinski definition) is 7. The number of fused-ring (bicyclic) bond motifs is 1. The fourth-order valence-corrected chi connectivity index (χ4v) is 3.11. The average molecular weight is 294 g/mol. The van der Waals surface area contributed by atoms with E-state index >= 15 is 0 Å². The highest BCUT2D eigenvalue weighted by Gasteiger charge is 2.19. The lowest BCUT2D eigenvalue weighted by Crippen LogP contribution is -2.20. The van der Waals surface area contributed by atoms with E-state index in [9.17, 15) is 9.59 Å². The SMILES string of the molecule is CCOC(=O)c1cc(=O)n2nc(N3CCCC3)sc2n1. The number of rotatable bonds is 3. The molecule has 3 heterocycles. The summed E-state index contributed by atoms with van der Waals surface area (Å²) in [7, 11) is 0. The van der Waals surface area contributed by atoms with Crippen molar-refractivity contribution in [1.29, 1.82) is 0 Å². The maximum atomic E-state index is 12.0. The molecule has 0 amide bonds. The van der Waals surface area contributed by atoms with Crippen LogP contribution in [-0.2, 0) is 4.74 Å². The number of carbonyl (C=O) groups is 1. The smallest absolute Gasteiger partial charge is 0.357 e. The normalized spacial score (nSPS) is 14.9. The second-order valence-corrected chi connectivity index (χ2v) is 5.41. The molecule has 1 aliphatic rings. The van der Waals surface area contributed by atoms with Crippen LogP contribution in [0.3, 0.4) is 0 Å². The van der Waals surface area contributed by atoms with Gasteiger partial charge in [0.2, 0.25) is 10.1 Å². The molecule has 0 aromatic carbocycles. The molecule has 1 saturated heterocycles. The number of nitrogens with zero attached hydrogens (tertiary/aromatic N) is 4. The number of aromatic nitrogens is 3. The van der Waals surface area contributed by atoms with E-state index in [4.69, 9.17) is 4.74 Å². The Labute approximate surface area is 118 Å². The van der Waals surface area contributed by atoms with Crippen molar-refractivity contribution in [3.63, 3.8) is 0 Å². The Balaban J connectivity index is 2.02. The van der Waals surface area contributed by atoms with Gasteiger partial charge in [0.25, 0.3) is 5.56 Å². The Morgan fingerprint density at radius 2 is 2.20 bits per heavy atom. The van der Waals surface area contributed by atoms with Gasteiger partial charge in [-0.3, -0.25) is 4.79 Å². The Kier molecular flexibility index (Phi) is 3.39. The molecule has 2 aromatic heterocycles. The van der Waals surface area contributed by atoms with Crippen LogP contribution in [-0.4, -0.2) is 40.3 Å². The summed E-state index contributed by atoms with van der Waals surface area (Å²) in [6.07, 6.45) is 2.26. The van der Waals surface area contributed by atoms with E-state index < -0.39 is 5.97 Å². The minimum atomic E-state index is -0.580. The summed E-state index contributed by atoms with van der Waals surface area (Å²) >= 11 is 1.32. The average Bonchev–Trinajstić information content (AvgIpc) is 3.07. The van der Waals surface area contributed by atoms with Crippen LogP contribution in [0.15, 0.2) is 10.9 Å². The van der Waals surface area contributed by atoms with E-state index in [-0.39, 0.29) is 17.9 Å². The van der Waals surface area contributed by atoms with E-state index in [0.717, 1.165) is 31.1 Å². The summed E-state index contributed by atoms with van der Waals surface area (Å²) < 4.78 is 6.10. The van der Waals surface area contributed by atoms with Gasteiger partial charge in [-0.2, -0.15) is 4.52 Å². The highest BCUT2D eigenvalue weighted by Crippen LogP contribution is 2.24. The van der Waals surface area contributed by atoms with E-state index in [1.54, 1.807) is 6.92 Å². The number of hydrogen-bond donors (Lipinski definition) is 0. The molecule has 1 fully saturated rings. The molecule has 0 saturated carbocycles. The highest BCUT2D eigenvalue weighted by atomic mass is 32.1. The molecule has 7 nitrogen and oxygen atoms in total. The lowest BCUT2D eigenvalue weighted by atomic mass is 10.4. The van der Waals surface area contributed by atoms with E-state index in [2.05, 4.69) is 15.0 Å². The lowest BCUT2D eigenvalue weighted by Gasteiger charge is -2.10. The molecule has 0 radical (unpaired) electrons. The second kappa shape index (κ2) is 5.20. The van der Waals surface area contributed by atoms with Gasteiger partial charge in [0, 0.05) is 19.2 Å². The first-order chi connectivity index (χ1) is 9.69. The molecule has 20 heavy (non-hydrogen) atoms. The third-order valence-corrected chi connectivity index (χ3v) is 4.06. The lowest BCUT2D eigenvalue weighted by molar-refractivity contribution is 0.0519. The van der Waals surface area contributed by atoms with Crippen LogP contribution in [0, 0.1) is 0 Å². The maximum absolute atomic E-state index is 12.0. The fraction of sp³-hybridized carbons (Fsp3) is 0.500. The van der Waals surface area contributed by atoms with Crippen molar-refractivity contribution in [2.24, 2.45) is 0 Å². The molecule has 106 valence electrons. The quantitative estimate of drug-likeness (QED) is 0.784. The molecule has 3 rings (SSSR count). The van der Waals surface area contributed by atoms with Gasteiger partial charge in [0.1, 0.15) is 0 Å². The molecule has 0 aliphatic carbocycles. The van der Waals surface area contributed by atoms with Crippen molar-refractivity contribution >= 4 is 27.4 Å². The molecule has 0 atom stereocenters. The Morgan fingerprint density at radius 3 is 2.90 bits per heavy atom. The number of esters is 1. The predicted molar refractivity (Wildman–Crippen MR) is 74.5 cm³/mol. The van der Waals surface area contributed by atoms with Crippen LogP contribution >= 0.6 is 11.3 Å². The molecular weight excluding hydrogens is 280 g/mol. The highest BCUT2D eigenvalue weighted by molar-refractivity contribution is 7.20. The van der Waals surface area contributed by atoms with E-state index in [0.29, 0.717) is 4.96 Å². The minimum absolute atomic E-state index is 0.0356. The monoisotopic (exact) mass is 294 g/mol. The molecule has 0 unspecified atom stereocenters. The first kappa shape index (κ1) is 13.0. The Hall–Kier alpha value is -1.96. The van der Waals surface area contributed by atoms with Crippen LogP contribution in [0.4, 0.5) is 5.13 Å². The first-order valence-electron chi connectivity index (χ1n) is 6.52. The van der Waals surface area contributed by atoms with Crippen molar-refractivity contribution in [3.8, 4) is 0 Å². The third kappa shape index (κ3) is 2.26. The van der Waals surface area contributed by atoms with Crippen molar-refractivity contribution < 1.29 is 9.53 Å². The van der Waals surface area contributed by atoms with E-state index in [1.165, 1.54) is 21.9 Å². The van der Waals surface area contributed by atoms with Crippen LogP contribution < -0.4 is 10.5 Å². The molecule has 0 spiro atoms. The number of anilines is 1. The number of carbonyl (C=O) groups excluding carboxylic acids is 1. The molecule has 8 heteroatoms. The van der Waals surface area contributed by atoms with Gasteiger partial charge < -0.3 is 9.64 Å². The molecule has 1 aliphatic heterocycles. The molecular formula is C12H14N4O3S. The van der Waals surface area contributed by atoms with Gasteiger partial charge in [0.15, 0.2) is 5.69 Å². The van der Waals surface area contributed by atoms with Crippen molar-refractivity contribution in [2.45, 2.75) is 19.8 Å². The molecule has 2 aromatic rings. The summed E-state index contributed by atoms with van der Waals surface area (Å²) in [6, 6.07) is 1.17. The van der Waals surface area contributed by atoms with Crippen LogP contribution in [0.25, 0.3) is 4.96 Å². The van der Waals surface area contributed by atoms with Crippen molar-refractivity contribution in [3.05, 3.63) is 22.1 Å². The van der Waals surface area contributed by atoms with Gasteiger partial charge in [-0.05, 0) is 19.8 Å². The van der Waals surface area contributed by atoms with Crippen molar-refractivity contribution in [2.75, 3.05) is 24.6 Å². The summed E-state index contributed by atoms with van der Waals surface area (Å²) in [6.45, 7) is 3.85. The maximum Gasteiger partial charge on any atom is 0.357 e. The predicted octanol–water partition coefficient (Wildman–Crippen LogP) is 0.928. The Morgan fingerprint density at radius 1 is 1.45 bits per heavy atom. The summed E-state index contributed by atoms with van der Waals surface area (Å²) in [5.74, 6) is -0.580. The van der Waals surface area contributed by atoms with Gasteiger partial charge >= 0.3 is 5.97 Å². The van der Waals surface area contributed by atoms with E-state index in [1.807, 2.05) is 0 Å². The molecule has 0 bridgehead atoms. The van der Waals surface area contributed by atoms with Crippen molar-refractivity contribution in [1.82, 2.24) is 14.6 Å². The van der Waals surface area contributed by atoms with Crippen LogP contribution in [0.1, 0.15) is 30.3 Å². The minimum Gasteiger partial charge on any atom is -0.461 e. The summed E-state index contributed by atoms with van der Waals surface area (Å²) in [5, 5.41) is 5.05. The summed E-state index contributed by atoms with van der Waals surface area (Å²) in [4.78, 5) is 30.3. The largest absolute Gasteiger partial charge is 0.461 e. The Bertz CT molecular complexity index is 702. The zero-order chi connectivity index (χ0) is 14.1. The van der Waals surface area contributed by atoms with Crippen LogP contribution in [0.5, 0.6) is 0 Å². The van der Waals surface area contributed by atoms with Gasteiger partial charge in [-0.25, -0.2) is 9.78 Å².